The summed E-state index contributed by atoms with van der Waals surface area (Å²) in [5.74, 6) is -0.672. The fourth-order valence-corrected chi connectivity index (χ4v) is 3.46. The van der Waals surface area contributed by atoms with Crippen molar-refractivity contribution in [1.82, 2.24) is 0 Å². The van der Waals surface area contributed by atoms with Crippen molar-refractivity contribution in [2.24, 2.45) is 0 Å². The van der Waals surface area contributed by atoms with E-state index in [2.05, 4.69) is 13.0 Å². The fraction of sp³-hybridized carbons (Fsp3) is 0.379. The fourth-order valence-electron chi connectivity index (χ4n) is 3.46. The normalized spacial score (nSPS) is 10.8. The quantitative estimate of drug-likeness (QED) is 0.134. The van der Waals surface area contributed by atoms with E-state index in [0.29, 0.717) is 17.9 Å². The average Bonchev–Trinajstić information content (AvgIpc) is 2.81. The van der Waals surface area contributed by atoms with Gasteiger partial charge >= 0.3 is 5.97 Å². The van der Waals surface area contributed by atoms with Gasteiger partial charge < -0.3 is 14.6 Å². The molecule has 1 N–H and O–H groups in total. The summed E-state index contributed by atoms with van der Waals surface area (Å²) in [5.41, 5.74) is 3.65. The number of hydrogen-bond acceptors (Lipinski definition) is 4. The number of unbranched alkanes of at least 4 members (excludes halogenated alkanes) is 4. The number of rotatable bonds is 15. The van der Waals surface area contributed by atoms with Crippen LogP contribution in [0.1, 0.15) is 74.4 Å². The molecule has 0 aliphatic carbocycles. The molecule has 0 heterocycles. The van der Waals surface area contributed by atoms with Crippen molar-refractivity contribution in [2.45, 2.75) is 59.3 Å². The van der Waals surface area contributed by atoms with Crippen molar-refractivity contribution >= 4 is 17.8 Å². The van der Waals surface area contributed by atoms with Crippen LogP contribution >= 0.6 is 0 Å². The van der Waals surface area contributed by atoms with Crippen LogP contribution in [-0.2, 0) is 11.2 Å². The number of aryl methyl sites for hydroxylation is 1. The molecule has 0 saturated carbocycles. The number of benzene rings is 2. The molecule has 2 rings (SSSR count). The van der Waals surface area contributed by atoms with Gasteiger partial charge in [0.2, 0.25) is 0 Å². The number of hydrogen-bond donors (Lipinski definition) is 1. The van der Waals surface area contributed by atoms with Crippen molar-refractivity contribution in [1.29, 1.82) is 0 Å². The van der Waals surface area contributed by atoms with Crippen LogP contribution in [0, 0.1) is 0 Å². The maximum atomic E-state index is 13.0. The molecule has 0 aromatic heterocycles. The van der Waals surface area contributed by atoms with E-state index in [1.807, 2.05) is 44.2 Å². The SMILES string of the molecule is CCCCCCCc1ccccc1/C=C/C(=O)c1ccc(OCC=C(C)C)cc1OCC(=O)O. The smallest absolute Gasteiger partial charge is 0.341 e. The second-order valence-electron chi connectivity index (χ2n) is 8.49. The first-order chi connectivity index (χ1) is 16.4. The van der Waals surface area contributed by atoms with Gasteiger partial charge in [0.25, 0.3) is 0 Å². The molecule has 5 heteroatoms. The molecule has 0 saturated heterocycles. The number of carbonyl (C=O) groups is 2. The Hall–Kier alpha value is -3.34. The zero-order chi connectivity index (χ0) is 24.8. The Bertz CT molecular complexity index is 999. The van der Waals surface area contributed by atoms with Gasteiger partial charge in [-0.15, -0.1) is 0 Å². The molecule has 0 aliphatic rings. The lowest BCUT2D eigenvalue weighted by Gasteiger charge is -2.11. The summed E-state index contributed by atoms with van der Waals surface area (Å²) < 4.78 is 11.1. The Morgan fingerprint density at radius 1 is 0.971 bits per heavy atom. The summed E-state index contributed by atoms with van der Waals surface area (Å²) in [5, 5.41) is 9.01. The highest BCUT2D eigenvalue weighted by atomic mass is 16.5. The van der Waals surface area contributed by atoms with Gasteiger partial charge in [-0.3, -0.25) is 4.79 Å². The molecule has 2 aromatic carbocycles. The predicted molar refractivity (Wildman–Crippen MR) is 137 cm³/mol. The van der Waals surface area contributed by atoms with Gasteiger partial charge in [-0.2, -0.15) is 0 Å². The molecule has 0 radical (unpaired) electrons. The van der Waals surface area contributed by atoms with Crippen LogP contribution in [-0.4, -0.2) is 30.1 Å². The number of ketones is 1. The van der Waals surface area contributed by atoms with Crippen LogP contribution in [0.5, 0.6) is 11.5 Å². The Kier molecular flexibility index (Phi) is 11.7. The minimum absolute atomic E-state index is 0.191. The lowest BCUT2D eigenvalue weighted by Crippen LogP contribution is -2.12. The molecule has 0 bridgehead atoms. The highest BCUT2D eigenvalue weighted by Crippen LogP contribution is 2.26. The monoisotopic (exact) mass is 464 g/mol. The van der Waals surface area contributed by atoms with Crippen LogP contribution in [0.25, 0.3) is 6.08 Å². The average molecular weight is 465 g/mol. The maximum Gasteiger partial charge on any atom is 0.341 e. The summed E-state index contributed by atoms with van der Waals surface area (Å²) >= 11 is 0. The van der Waals surface area contributed by atoms with Crippen molar-refractivity contribution in [3.8, 4) is 11.5 Å². The molecule has 0 unspecified atom stereocenters. The van der Waals surface area contributed by atoms with Gasteiger partial charge in [-0.25, -0.2) is 4.79 Å². The van der Waals surface area contributed by atoms with Crippen LogP contribution < -0.4 is 9.47 Å². The van der Waals surface area contributed by atoms with Crippen molar-refractivity contribution < 1.29 is 24.2 Å². The molecule has 182 valence electrons. The zero-order valence-corrected chi connectivity index (χ0v) is 20.5. The van der Waals surface area contributed by atoms with E-state index in [-0.39, 0.29) is 11.5 Å². The van der Waals surface area contributed by atoms with E-state index in [1.54, 1.807) is 18.2 Å². The first kappa shape index (κ1) is 26.9. The van der Waals surface area contributed by atoms with E-state index in [4.69, 9.17) is 14.6 Å². The van der Waals surface area contributed by atoms with E-state index in [0.717, 1.165) is 24.0 Å². The van der Waals surface area contributed by atoms with Crippen LogP contribution in [0.3, 0.4) is 0 Å². The topological polar surface area (TPSA) is 72.8 Å². The Morgan fingerprint density at radius 3 is 2.47 bits per heavy atom. The largest absolute Gasteiger partial charge is 0.489 e. The molecule has 2 aromatic rings. The van der Waals surface area contributed by atoms with Crippen LogP contribution in [0.4, 0.5) is 0 Å². The summed E-state index contributed by atoms with van der Waals surface area (Å²) in [6.07, 6.45) is 12.3. The molecule has 0 spiro atoms. The number of carboxylic acids is 1. The predicted octanol–water partition coefficient (Wildman–Crippen LogP) is 6.90. The summed E-state index contributed by atoms with van der Waals surface area (Å²) in [7, 11) is 0. The molecular weight excluding hydrogens is 428 g/mol. The first-order valence-corrected chi connectivity index (χ1v) is 12.0. The number of carbonyl (C=O) groups excluding carboxylic acids is 1. The van der Waals surface area contributed by atoms with E-state index in [9.17, 15) is 9.59 Å². The van der Waals surface area contributed by atoms with Crippen LogP contribution in [0.15, 0.2) is 60.2 Å². The Labute approximate surface area is 203 Å². The number of aliphatic carboxylic acids is 1. The summed E-state index contributed by atoms with van der Waals surface area (Å²) in [6, 6.07) is 13.0. The van der Waals surface area contributed by atoms with E-state index >= 15 is 0 Å². The second kappa shape index (κ2) is 14.7. The lowest BCUT2D eigenvalue weighted by atomic mass is 9.99. The third-order valence-corrected chi connectivity index (χ3v) is 5.33. The van der Waals surface area contributed by atoms with Gasteiger partial charge in [0.05, 0.1) is 5.56 Å². The van der Waals surface area contributed by atoms with E-state index in [1.165, 1.54) is 37.3 Å². The summed E-state index contributed by atoms with van der Waals surface area (Å²) in [6.45, 7) is 6.00. The summed E-state index contributed by atoms with van der Waals surface area (Å²) in [4.78, 5) is 24.0. The molecule has 0 amide bonds. The molecule has 0 atom stereocenters. The standard InChI is InChI=1S/C29H36O5/c1-4-5-6-7-8-11-23-12-9-10-13-24(23)14-17-27(30)26-16-15-25(33-19-18-22(2)3)20-28(26)34-21-29(31)32/h9-10,12-18,20H,4-8,11,19,21H2,1-3H3,(H,31,32)/b17-14+. The van der Waals surface area contributed by atoms with Crippen molar-refractivity contribution in [3.63, 3.8) is 0 Å². The minimum Gasteiger partial charge on any atom is -0.489 e. The Morgan fingerprint density at radius 2 is 1.74 bits per heavy atom. The van der Waals surface area contributed by atoms with Gasteiger partial charge in [0.15, 0.2) is 12.4 Å². The molecule has 5 nitrogen and oxygen atoms in total. The molecule has 34 heavy (non-hydrogen) atoms. The second-order valence-corrected chi connectivity index (χ2v) is 8.49. The van der Waals surface area contributed by atoms with Gasteiger partial charge in [-0.05, 0) is 62.1 Å². The number of ether oxygens (including phenoxy) is 2. The lowest BCUT2D eigenvalue weighted by molar-refractivity contribution is -0.139. The highest BCUT2D eigenvalue weighted by Gasteiger charge is 2.13. The highest BCUT2D eigenvalue weighted by molar-refractivity contribution is 6.08. The van der Waals surface area contributed by atoms with Crippen molar-refractivity contribution in [3.05, 3.63) is 76.9 Å². The third-order valence-electron chi connectivity index (χ3n) is 5.33. The zero-order valence-electron chi connectivity index (χ0n) is 20.5. The molecule has 0 aliphatic heterocycles. The number of allylic oxidation sites excluding steroid dienone is 2. The maximum absolute atomic E-state index is 13.0. The van der Waals surface area contributed by atoms with Gasteiger partial charge in [-0.1, -0.05) is 68.5 Å². The van der Waals surface area contributed by atoms with Crippen LogP contribution in [0.2, 0.25) is 0 Å². The minimum atomic E-state index is -1.11. The molecular formula is C29H36O5. The first-order valence-electron chi connectivity index (χ1n) is 12.0. The van der Waals surface area contributed by atoms with Gasteiger partial charge in [0, 0.05) is 6.07 Å². The van der Waals surface area contributed by atoms with E-state index < -0.39 is 12.6 Å². The third kappa shape index (κ3) is 9.65. The molecule has 0 fully saturated rings. The van der Waals surface area contributed by atoms with Crippen molar-refractivity contribution in [2.75, 3.05) is 13.2 Å². The number of carboxylic acid groups (broad SMARTS) is 1. The van der Waals surface area contributed by atoms with Gasteiger partial charge in [0.1, 0.15) is 18.1 Å². The Balaban J connectivity index is 2.16.